The van der Waals surface area contributed by atoms with Gasteiger partial charge in [0.2, 0.25) is 0 Å². The van der Waals surface area contributed by atoms with E-state index in [0.717, 1.165) is 31.4 Å². The van der Waals surface area contributed by atoms with E-state index in [-0.39, 0.29) is 24.7 Å². The summed E-state index contributed by atoms with van der Waals surface area (Å²) < 4.78 is 17.8. The van der Waals surface area contributed by atoms with E-state index in [1.807, 2.05) is 43.9 Å². The molecule has 1 aliphatic rings. The molecule has 1 saturated heterocycles. The van der Waals surface area contributed by atoms with Crippen molar-refractivity contribution in [3.8, 4) is 0 Å². The molecule has 0 spiro atoms. The molecule has 0 unspecified atom stereocenters. The van der Waals surface area contributed by atoms with Crippen molar-refractivity contribution < 1.29 is 23.8 Å². The summed E-state index contributed by atoms with van der Waals surface area (Å²) in [5, 5.41) is 7.99. The molecule has 0 saturated carbocycles. The number of hydrogen-bond donors (Lipinski definition) is 1. The highest BCUT2D eigenvalue weighted by Crippen LogP contribution is 2.34. The van der Waals surface area contributed by atoms with Crippen LogP contribution in [0.5, 0.6) is 0 Å². The molecular formula is C30H41N5O5. The maximum absolute atomic E-state index is 14.0. The number of methoxy groups -OCH3 is 2. The van der Waals surface area contributed by atoms with Gasteiger partial charge in [-0.25, -0.2) is 9.59 Å². The van der Waals surface area contributed by atoms with Crippen molar-refractivity contribution in [3.63, 3.8) is 0 Å². The molecule has 216 valence electrons. The molecule has 4 rings (SSSR count). The minimum absolute atomic E-state index is 0.130. The molecule has 0 aliphatic carbocycles. The highest BCUT2D eigenvalue weighted by atomic mass is 16.7. The van der Waals surface area contributed by atoms with Crippen LogP contribution in [0.1, 0.15) is 51.6 Å². The molecule has 1 aromatic heterocycles. The molecule has 0 bridgehead atoms. The summed E-state index contributed by atoms with van der Waals surface area (Å²) in [4.78, 5) is 30.8. The Morgan fingerprint density at radius 3 is 2.48 bits per heavy atom. The summed E-state index contributed by atoms with van der Waals surface area (Å²) in [5.74, 6) is 0. The number of likely N-dealkylation sites (tertiary alicyclic amines) is 1. The second-order valence-electron chi connectivity index (χ2n) is 11.2. The summed E-state index contributed by atoms with van der Waals surface area (Å²) in [7, 11) is 5.27. The van der Waals surface area contributed by atoms with Gasteiger partial charge in [-0.1, -0.05) is 36.8 Å². The zero-order chi connectivity index (χ0) is 28.9. The van der Waals surface area contributed by atoms with Gasteiger partial charge >= 0.3 is 12.1 Å². The number of anilines is 1. The van der Waals surface area contributed by atoms with Gasteiger partial charge in [-0.2, -0.15) is 9.78 Å². The van der Waals surface area contributed by atoms with Crippen molar-refractivity contribution >= 4 is 28.7 Å². The second kappa shape index (κ2) is 12.8. The zero-order valence-electron chi connectivity index (χ0n) is 24.3. The van der Waals surface area contributed by atoms with Crippen molar-refractivity contribution in [3.05, 3.63) is 60.3 Å². The third-order valence-electron chi connectivity index (χ3n) is 7.19. The first-order chi connectivity index (χ1) is 19.1. The van der Waals surface area contributed by atoms with Crippen LogP contribution in [-0.2, 0) is 14.2 Å². The lowest BCUT2D eigenvalue weighted by atomic mass is 9.90. The number of nitrogens with zero attached hydrogens (tertiary/aromatic N) is 4. The highest BCUT2D eigenvalue weighted by Gasteiger charge is 2.37. The number of hydrogen-bond acceptors (Lipinski definition) is 7. The molecule has 10 nitrogen and oxygen atoms in total. The average molecular weight is 552 g/mol. The first kappa shape index (κ1) is 29.5. The van der Waals surface area contributed by atoms with Crippen molar-refractivity contribution in [2.75, 3.05) is 39.7 Å². The van der Waals surface area contributed by atoms with Gasteiger partial charge < -0.3 is 29.3 Å². The van der Waals surface area contributed by atoms with Gasteiger partial charge in [0, 0.05) is 31.3 Å². The van der Waals surface area contributed by atoms with Gasteiger partial charge in [-0.15, -0.1) is 0 Å². The molecule has 40 heavy (non-hydrogen) atoms. The fourth-order valence-electron chi connectivity index (χ4n) is 5.25. The molecule has 1 N–H and O–H groups in total. The third-order valence-corrected chi connectivity index (χ3v) is 7.19. The fourth-order valence-corrected chi connectivity index (χ4v) is 5.25. The number of likely N-dealkylation sites (N-methyl/N-ethyl adjacent to an activating group) is 1. The normalized spacial score (nSPS) is 17.1. The number of aromatic nitrogens is 2. The fraction of sp³-hybridized carbons (Fsp3) is 0.500. The Labute approximate surface area is 236 Å². The molecule has 0 radical (unpaired) electrons. The predicted octanol–water partition coefficient (Wildman–Crippen LogP) is 5.50. The number of piperidine rings is 1. The number of ether oxygens (including phenoxy) is 3. The van der Waals surface area contributed by atoms with E-state index >= 15 is 0 Å². The van der Waals surface area contributed by atoms with E-state index in [9.17, 15) is 9.59 Å². The summed E-state index contributed by atoms with van der Waals surface area (Å²) in [5.41, 5.74) is 1.59. The van der Waals surface area contributed by atoms with E-state index < -0.39 is 18.0 Å². The number of carbonyl (C=O) groups is 2. The van der Waals surface area contributed by atoms with Gasteiger partial charge in [-0.3, -0.25) is 0 Å². The highest BCUT2D eigenvalue weighted by molar-refractivity contribution is 5.94. The van der Waals surface area contributed by atoms with Gasteiger partial charge in [-0.05, 0) is 71.0 Å². The first-order valence-corrected chi connectivity index (χ1v) is 13.7. The van der Waals surface area contributed by atoms with Crippen molar-refractivity contribution in [1.82, 2.24) is 19.6 Å². The number of benzene rings is 2. The Balaban J connectivity index is 1.65. The van der Waals surface area contributed by atoms with Crippen LogP contribution in [0.3, 0.4) is 0 Å². The Bertz CT molecular complexity index is 1280. The van der Waals surface area contributed by atoms with Crippen LogP contribution in [0.4, 0.5) is 15.3 Å². The van der Waals surface area contributed by atoms with Crippen LogP contribution in [0.25, 0.3) is 10.9 Å². The SMILES string of the molecule is COC(CN(C(=O)Nc1ccc2c(cnn2C(=O)OC(C)(C)C)c1)[C@@H](c1ccccc1)[C@H]1CCCCN1C)OC. The van der Waals surface area contributed by atoms with Crippen molar-refractivity contribution in [2.24, 2.45) is 0 Å². The largest absolute Gasteiger partial charge is 0.442 e. The Hall–Kier alpha value is -3.47. The lowest BCUT2D eigenvalue weighted by Crippen LogP contribution is -2.52. The monoisotopic (exact) mass is 551 g/mol. The Morgan fingerprint density at radius 2 is 1.82 bits per heavy atom. The predicted molar refractivity (Wildman–Crippen MR) is 154 cm³/mol. The number of rotatable bonds is 8. The van der Waals surface area contributed by atoms with Crippen LogP contribution in [0, 0.1) is 0 Å². The molecule has 10 heteroatoms. The lowest BCUT2D eigenvalue weighted by molar-refractivity contribution is -0.117. The average Bonchev–Trinajstić information content (AvgIpc) is 3.35. The van der Waals surface area contributed by atoms with Crippen LogP contribution < -0.4 is 5.32 Å². The quantitative estimate of drug-likeness (QED) is 0.369. The van der Waals surface area contributed by atoms with Crippen LogP contribution in [0.15, 0.2) is 54.7 Å². The van der Waals surface area contributed by atoms with Crippen LogP contribution in [-0.4, -0.2) is 84.0 Å². The molecule has 2 aromatic carbocycles. The van der Waals surface area contributed by atoms with Crippen LogP contribution >= 0.6 is 0 Å². The maximum Gasteiger partial charge on any atom is 0.435 e. The van der Waals surface area contributed by atoms with Gasteiger partial charge in [0.05, 0.1) is 24.3 Å². The number of carbonyl (C=O) groups excluding carboxylic acids is 2. The number of urea groups is 1. The minimum Gasteiger partial charge on any atom is -0.442 e. The molecule has 2 atom stereocenters. The number of fused-ring (bicyclic) bond motifs is 1. The standard InChI is InChI=1S/C30H41N5O5/c1-30(2,3)40-29(37)35-24-16-15-23(18-22(24)19-31-35)32-28(36)34(20-26(38-5)39-6)27(21-12-8-7-9-13-21)25-14-10-11-17-33(25)4/h7-9,12-13,15-16,18-19,25-27H,10-11,14,17,20H2,1-6H3,(H,32,36)/t25-,27+/m1/s1. The Kier molecular flexibility index (Phi) is 9.44. The number of nitrogens with one attached hydrogen (secondary N) is 1. The second-order valence-corrected chi connectivity index (χ2v) is 11.2. The van der Waals surface area contributed by atoms with E-state index in [4.69, 9.17) is 14.2 Å². The van der Waals surface area contributed by atoms with E-state index in [1.54, 1.807) is 38.6 Å². The minimum atomic E-state index is -0.642. The molecular weight excluding hydrogens is 510 g/mol. The van der Waals surface area contributed by atoms with Crippen molar-refractivity contribution in [1.29, 1.82) is 0 Å². The topological polar surface area (TPSA) is 98.2 Å². The molecule has 2 amide bonds. The van der Waals surface area contributed by atoms with Crippen molar-refractivity contribution in [2.45, 2.75) is 64.0 Å². The van der Waals surface area contributed by atoms with E-state index in [1.165, 1.54) is 4.68 Å². The Morgan fingerprint density at radius 1 is 1.10 bits per heavy atom. The molecule has 2 heterocycles. The molecule has 1 aliphatic heterocycles. The van der Waals surface area contributed by atoms with Gasteiger partial charge in [0.1, 0.15) is 5.60 Å². The summed E-state index contributed by atoms with van der Waals surface area (Å²) in [6.45, 7) is 6.63. The smallest absolute Gasteiger partial charge is 0.435 e. The van der Waals surface area contributed by atoms with Crippen LogP contribution in [0.2, 0.25) is 0 Å². The molecule has 1 fully saturated rings. The first-order valence-electron chi connectivity index (χ1n) is 13.7. The van der Waals surface area contributed by atoms with E-state index in [2.05, 4.69) is 34.5 Å². The number of amides is 2. The zero-order valence-corrected chi connectivity index (χ0v) is 24.3. The van der Waals surface area contributed by atoms with Gasteiger partial charge in [0.15, 0.2) is 6.29 Å². The van der Waals surface area contributed by atoms with Gasteiger partial charge in [0.25, 0.3) is 0 Å². The third kappa shape index (κ3) is 6.99. The summed E-state index contributed by atoms with van der Waals surface area (Å²) in [6, 6.07) is 15.1. The maximum atomic E-state index is 14.0. The van der Waals surface area contributed by atoms with E-state index in [0.29, 0.717) is 16.6 Å². The lowest BCUT2D eigenvalue weighted by Gasteiger charge is -2.44. The summed E-state index contributed by atoms with van der Waals surface area (Å²) >= 11 is 0. The molecule has 3 aromatic rings. The summed E-state index contributed by atoms with van der Waals surface area (Å²) in [6.07, 6.45) is 3.64.